The van der Waals surface area contributed by atoms with Gasteiger partial charge in [0.1, 0.15) is 0 Å². The molecule has 0 saturated carbocycles. The van der Waals surface area contributed by atoms with Crippen LogP contribution in [0.4, 0.5) is 0 Å². The molecule has 70 heavy (non-hydrogen) atoms. The standard InChI is InChI=1S/C62H50O8/c1-11-67-59(63)53-37-19-15-33-43(41-29(7)23-27(5)24-30(41)8)35-17-21-39-47-48-40(56(62(66)70-14-4)55(39)61(65)69-13-3)22-18-36-44(42-31(9)25-28(6)26-32(42)10)34-16-20-38(54(53)60(64)68-12-2)46-45(37)49(33)57(51(35)47)58(50(34)46)52(36)48/h15-26H,11-14H2,1-10H3. The zero-order valence-electron chi connectivity index (χ0n) is 41.0. The van der Waals surface area contributed by atoms with Gasteiger partial charge in [0.25, 0.3) is 0 Å². The van der Waals surface area contributed by atoms with Gasteiger partial charge in [0.2, 0.25) is 0 Å². The first-order valence-electron chi connectivity index (χ1n) is 24.3. The highest BCUT2D eigenvalue weighted by Crippen LogP contribution is 2.60. The van der Waals surface area contributed by atoms with E-state index in [0.29, 0.717) is 21.5 Å². The van der Waals surface area contributed by atoms with Crippen molar-refractivity contribution in [2.45, 2.75) is 69.2 Å². The molecule has 0 spiro atoms. The summed E-state index contributed by atoms with van der Waals surface area (Å²) in [6.45, 7) is 20.3. The molecule has 0 bridgehead atoms. The average Bonchev–Trinajstić information content (AvgIpc) is 3.31. The summed E-state index contributed by atoms with van der Waals surface area (Å²) in [5, 5.41) is 15.3. The van der Waals surface area contributed by atoms with Crippen LogP contribution in [-0.4, -0.2) is 50.3 Å². The van der Waals surface area contributed by atoms with Crippen LogP contribution in [0.25, 0.3) is 119 Å². The smallest absolute Gasteiger partial charge is 0.339 e. The quantitative estimate of drug-likeness (QED) is 0.0578. The monoisotopic (exact) mass is 922 g/mol. The number of aryl methyl sites for hydroxylation is 6. The van der Waals surface area contributed by atoms with Gasteiger partial charge in [-0.25, -0.2) is 19.2 Å². The van der Waals surface area contributed by atoms with E-state index in [4.69, 9.17) is 18.9 Å². The lowest BCUT2D eigenvalue weighted by atomic mass is 9.72. The maximum absolute atomic E-state index is 14.6. The molecule has 0 amide bonds. The van der Waals surface area contributed by atoms with Crippen LogP contribution in [0.5, 0.6) is 0 Å². The molecule has 0 aromatic heterocycles. The highest BCUT2D eigenvalue weighted by Gasteiger charge is 2.37. The van der Waals surface area contributed by atoms with Gasteiger partial charge in [-0.15, -0.1) is 0 Å². The Hall–Kier alpha value is -7.84. The zero-order valence-corrected chi connectivity index (χ0v) is 41.0. The molecular formula is C62H50O8. The van der Waals surface area contributed by atoms with Gasteiger partial charge in [0.05, 0.1) is 48.7 Å². The maximum atomic E-state index is 14.6. The van der Waals surface area contributed by atoms with Gasteiger partial charge in [-0.1, -0.05) is 83.9 Å². The summed E-state index contributed by atoms with van der Waals surface area (Å²) in [6.07, 6.45) is 0. The predicted octanol–water partition coefficient (Wildman–Crippen LogP) is 15.1. The molecule has 12 rings (SSSR count). The van der Waals surface area contributed by atoms with Gasteiger partial charge in [-0.2, -0.15) is 0 Å². The molecule has 0 aliphatic heterocycles. The summed E-state index contributed by atoms with van der Waals surface area (Å²) in [6, 6.07) is 25.2. The Morgan fingerprint density at radius 3 is 0.714 bits per heavy atom. The van der Waals surface area contributed by atoms with Crippen LogP contribution in [0.2, 0.25) is 0 Å². The Balaban J connectivity index is 1.50. The lowest BCUT2D eigenvalue weighted by Gasteiger charge is -2.30. The molecule has 0 N–H and O–H groups in total. The lowest BCUT2D eigenvalue weighted by Crippen LogP contribution is -2.17. The second-order valence-electron chi connectivity index (χ2n) is 19.1. The van der Waals surface area contributed by atoms with Gasteiger partial charge in [-0.3, -0.25) is 0 Å². The van der Waals surface area contributed by atoms with Crippen molar-refractivity contribution in [3.63, 3.8) is 0 Å². The first-order chi connectivity index (χ1) is 33.8. The van der Waals surface area contributed by atoms with Crippen LogP contribution in [0, 0.1) is 41.5 Å². The van der Waals surface area contributed by atoms with Crippen LogP contribution in [0.1, 0.15) is 103 Å². The molecule has 0 heterocycles. The second kappa shape index (κ2) is 15.3. The highest BCUT2D eigenvalue weighted by atomic mass is 16.5. The van der Waals surface area contributed by atoms with Crippen LogP contribution in [-0.2, 0) is 18.9 Å². The summed E-state index contributed by atoms with van der Waals surface area (Å²) in [4.78, 5) is 58.6. The van der Waals surface area contributed by atoms with Crippen LogP contribution < -0.4 is 0 Å². The van der Waals surface area contributed by atoms with Crippen molar-refractivity contribution >= 4 is 121 Å². The maximum Gasteiger partial charge on any atom is 0.339 e. The number of hydrogen-bond donors (Lipinski definition) is 0. The molecule has 12 aromatic rings. The van der Waals surface area contributed by atoms with Gasteiger partial charge < -0.3 is 18.9 Å². The molecule has 8 nitrogen and oxygen atoms in total. The minimum Gasteiger partial charge on any atom is -0.462 e. The number of ether oxygens (including phenoxy) is 4. The van der Waals surface area contributed by atoms with E-state index in [2.05, 4.69) is 90.1 Å². The Bertz CT molecular complexity index is 3720. The summed E-state index contributed by atoms with van der Waals surface area (Å²) in [7, 11) is 0. The van der Waals surface area contributed by atoms with E-state index in [0.717, 1.165) is 131 Å². The SMILES string of the molecule is CCOC(=O)c1c(C(=O)OCC)c2ccc3c(-c4c(C)cc(C)cc4C)c4ccc5c(C(=O)OCC)c(C(=O)OCC)c6ccc7c(-c8c(C)cc(C)cc8C)c8ccc1c1c2c3c2c4c5c6c7c2c81. The molecule has 0 unspecified atom stereocenters. The number of esters is 4. The van der Waals surface area contributed by atoms with E-state index in [9.17, 15) is 19.2 Å². The average molecular weight is 923 g/mol. The number of carbonyl (C=O) groups excluding carboxylic acids is 4. The molecule has 0 saturated heterocycles. The van der Waals surface area contributed by atoms with Gasteiger partial charge >= 0.3 is 23.9 Å². The normalized spacial score (nSPS) is 12.3. The van der Waals surface area contributed by atoms with Crippen molar-refractivity contribution in [3.05, 3.63) is 128 Å². The summed E-state index contributed by atoms with van der Waals surface area (Å²) >= 11 is 0. The molecule has 0 aliphatic rings. The van der Waals surface area contributed by atoms with E-state index < -0.39 is 23.9 Å². The fourth-order valence-electron chi connectivity index (χ4n) is 13.1. The number of carbonyl (C=O) groups is 4. The van der Waals surface area contributed by atoms with E-state index in [1.54, 1.807) is 27.7 Å². The Morgan fingerprint density at radius 1 is 0.300 bits per heavy atom. The molecule has 12 aromatic carbocycles. The zero-order chi connectivity index (χ0) is 48.9. The number of benzene rings is 12. The minimum atomic E-state index is -0.609. The van der Waals surface area contributed by atoms with Crippen molar-refractivity contribution in [3.8, 4) is 22.3 Å². The van der Waals surface area contributed by atoms with Crippen molar-refractivity contribution < 1.29 is 38.1 Å². The van der Waals surface area contributed by atoms with Gasteiger partial charge in [0, 0.05) is 0 Å². The van der Waals surface area contributed by atoms with E-state index in [1.807, 2.05) is 24.3 Å². The Kier molecular flexibility index (Phi) is 9.51. The first kappa shape index (κ1) is 43.4. The lowest BCUT2D eigenvalue weighted by molar-refractivity contribution is 0.0482. The fourth-order valence-corrected chi connectivity index (χ4v) is 13.1. The van der Waals surface area contributed by atoms with Crippen molar-refractivity contribution in [2.75, 3.05) is 26.4 Å². The molecule has 0 radical (unpaired) electrons. The predicted molar refractivity (Wildman–Crippen MR) is 283 cm³/mol. The van der Waals surface area contributed by atoms with Crippen molar-refractivity contribution in [1.29, 1.82) is 0 Å². The van der Waals surface area contributed by atoms with Crippen molar-refractivity contribution in [2.24, 2.45) is 0 Å². The Labute approximate surface area is 403 Å². The third kappa shape index (κ3) is 5.47. The van der Waals surface area contributed by atoms with Crippen LogP contribution in [0.3, 0.4) is 0 Å². The third-order valence-electron chi connectivity index (χ3n) is 15.0. The summed E-state index contributed by atoms with van der Waals surface area (Å²) < 4.78 is 23.4. The number of hydrogen-bond acceptors (Lipinski definition) is 8. The first-order valence-corrected chi connectivity index (χ1v) is 24.3. The van der Waals surface area contributed by atoms with Crippen LogP contribution in [0.15, 0.2) is 72.8 Å². The Morgan fingerprint density at radius 2 is 0.500 bits per heavy atom. The minimum absolute atomic E-state index is 0.105. The summed E-state index contributed by atoms with van der Waals surface area (Å²) in [5.41, 5.74) is 11.6. The van der Waals surface area contributed by atoms with E-state index in [1.165, 1.54) is 0 Å². The summed E-state index contributed by atoms with van der Waals surface area (Å²) in [5.74, 6) is -2.43. The van der Waals surface area contributed by atoms with E-state index >= 15 is 0 Å². The largest absolute Gasteiger partial charge is 0.462 e. The van der Waals surface area contributed by atoms with Gasteiger partial charge in [-0.05, 0) is 211 Å². The fraction of sp³-hybridized carbons (Fsp3) is 0.226. The molecule has 8 heteroatoms. The second-order valence-corrected chi connectivity index (χ2v) is 19.1. The van der Waals surface area contributed by atoms with E-state index in [-0.39, 0.29) is 48.7 Å². The molecule has 0 fully saturated rings. The third-order valence-corrected chi connectivity index (χ3v) is 15.0. The molecule has 0 atom stereocenters. The molecule has 0 aliphatic carbocycles. The molecular weight excluding hydrogens is 873 g/mol. The van der Waals surface area contributed by atoms with Crippen molar-refractivity contribution in [1.82, 2.24) is 0 Å². The van der Waals surface area contributed by atoms with Crippen LogP contribution >= 0.6 is 0 Å². The highest BCUT2D eigenvalue weighted by molar-refractivity contribution is 6.57. The van der Waals surface area contributed by atoms with Gasteiger partial charge in [0.15, 0.2) is 0 Å². The molecule has 346 valence electrons. The topological polar surface area (TPSA) is 105 Å². The number of rotatable bonds is 10.